The molecule has 2 rings (SSSR count). The fourth-order valence-corrected chi connectivity index (χ4v) is 2.95. The quantitative estimate of drug-likeness (QED) is 0.860. The molecule has 0 atom stereocenters. The number of anilines is 1. The van der Waals surface area contributed by atoms with Crippen molar-refractivity contribution in [1.29, 1.82) is 0 Å². The van der Waals surface area contributed by atoms with Crippen molar-refractivity contribution >= 4 is 44.6 Å². The summed E-state index contributed by atoms with van der Waals surface area (Å²) in [4.78, 5) is 1.22. The normalized spacial score (nSPS) is 10.3. The van der Waals surface area contributed by atoms with E-state index in [2.05, 4.69) is 21.2 Å². The smallest absolute Gasteiger partial charge is 0.107 e. The minimum Gasteiger partial charge on any atom is -0.380 e. The van der Waals surface area contributed by atoms with Gasteiger partial charge in [-0.1, -0.05) is 29.8 Å². The van der Waals surface area contributed by atoms with Crippen LogP contribution in [0.25, 0.3) is 0 Å². The third kappa shape index (κ3) is 2.97. The minimum absolute atomic E-state index is 0.805. The summed E-state index contributed by atoms with van der Waals surface area (Å²) in [5.74, 6) is 0. The van der Waals surface area contributed by atoms with Crippen molar-refractivity contribution in [2.45, 2.75) is 6.54 Å². The van der Waals surface area contributed by atoms with Crippen molar-refractivity contribution in [3.63, 3.8) is 0 Å². The first-order valence-electron chi connectivity index (χ1n) is 4.48. The van der Waals surface area contributed by atoms with E-state index in [-0.39, 0.29) is 0 Å². The fourth-order valence-electron chi connectivity index (χ4n) is 1.22. The average molecular weight is 303 g/mol. The standard InChI is InChI=1S/C11H9BrClNS/c12-10-6-9(15-11(10)13)7-14-8-4-2-1-3-5-8/h1-6,14H,7H2. The van der Waals surface area contributed by atoms with Crippen LogP contribution in [0, 0.1) is 0 Å². The number of nitrogens with one attached hydrogen (secondary N) is 1. The van der Waals surface area contributed by atoms with Gasteiger partial charge in [0.2, 0.25) is 0 Å². The maximum Gasteiger partial charge on any atom is 0.107 e. The van der Waals surface area contributed by atoms with E-state index >= 15 is 0 Å². The van der Waals surface area contributed by atoms with Crippen molar-refractivity contribution in [1.82, 2.24) is 0 Å². The number of hydrogen-bond acceptors (Lipinski definition) is 2. The van der Waals surface area contributed by atoms with Gasteiger partial charge >= 0.3 is 0 Å². The highest BCUT2D eigenvalue weighted by Gasteiger charge is 2.03. The SMILES string of the molecule is Clc1sc(CNc2ccccc2)cc1Br. The van der Waals surface area contributed by atoms with E-state index < -0.39 is 0 Å². The zero-order valence-corrected chi connectivity index (χ0v) is 11.0. The molecule has 2 aromatic rings. The molecule has 15 heavy (non-hydrogen) atoms. The van der Waals surface area contributed by atoms with Crippen LogP contribution in [-0.4, -0.2) is 0 Å². The molecule has 0 bridgehead atoms. The molecule has 0 amide bonds. The van der Waals surface area contributed by atoms with Gasteiger partial charge < -0.3 is 5.32 Å². The third-order valence-electron chi connectivity index (χ3n) is 1.94. The van der Waals surface area contributed by atoms with E-state index in [1.807, 2.05) is 36.4 Å². The molecular formula is C11H9BrClNS. The lowest BCUT2D eigenvalue weighted by molar-refractivity contribution is 1.19. The van der Waals surface area contributed by atoms with Gasteiger partial charge in [-0.05, 0) is 34.1 Å². The van der Waals surface area contributed by atoms with Crippen LogP contribution in [0.15, 0.2) is 40.9 Å². The molecule has 0 unspecified atom stereocenters. The first-order chi connectivity index (χ1) is 7.25. The molecule has 1 N–H and O–H groups in total. The maximum atomic E-state index is 5.95. The van der Waals surface area contributed by atoms with Crippen LogP contribution in [0.2, 0.25) is 4.34 Å². The molecule has 0 aliphatic rings. The summed E-state index contributed by atoms with van der Waals surface area (Å²) >= 11 is 10.9. The lowest BCUT2D eigenvalue weighted by Crippen LogP contribution is -1.96. The number of hydrogen-bond donors (Lipinski definition) is 1. The van der Waals surface area contributed by atoms with E-state index in [4.69, 9.17) is 11.6 Å². The van der Waals surface area contributed by atoms with Crippen molar-refractivity contribution < 1.29 is 0 Å². The summed E-state index contributed by atoms with van der Waals surface area (Å²) in [5, 5.41) is 3.33. The Morgan fingerprint density at radius 3 is 2.60 bits per heavy atom. The predicted molar refractivity (Wildman–Crippen MR) is 70.8 cm³/mol. The highest BCUT2D eigenvalue weighted by molar-refractivity contribution is 9.10. The second-order valence-electron chi connectivity index (χ2n) is 3.05. The van der Waals surface area contributed by atoms with Crippen LogP contribution in [0.4, 0.5) is 5.69 Å². The van der Waals surface area contributed by atoms with Crippen LogP contribution in [0.1, 0.15) is 4.88 Å². The van der Waals surface area contributed by atoms with Gasteiger partial charge in [-0.15, -0.1) is 11.3 Å². The molecule has 0 spiro atoms. The molecule has 1 aromatic heterocycles. The van der Waals surface area contributed by atoms with Gasteiger partial charge in [0.25, 0.3) is 0 Å². The number of halogens is 2. The molecule has 0 fully saturated rings. The average Bonchev–Trinajstić information content (AvgIpc) is 2.57. The van der Waals surface area contributed by atoms with Crippen LogP contribution in [-0.2, 0) is 6.54 Å². The van der Waals surface area contributed by atoms with Gasteiger partial charge in [-0.3, -0.25) is 0 Å². The predicted octanol–water partition coefficient (Wildman–Crippen LogP) is 4.78. The van der Waals surface area contributed by atoms with E-state index in [0.717, 1.165) is 21.0 Å². The summed E-state index contributed by atoms with van der Waals surface area (Å²) in [7, 11) is 0. The molecule has 0 saturated carbocycles. The van der Waals surface area contributed by atoms with Crippen molar-refractivity contribution in [3.05, 3.63) is 50.1 Å². The van der Waals surface area contributed by atoms with Crippen LogP contribution < -0.4 is 5.32 Å². The topological polar surface area (TPSA) is 12.0 Å². The Kier molecular flexibility index (Phi) is 3.67. The van der Waals surface area contributed by atoms with Gasteiger partial charge in [0, 0.05) is 21.6 Å². The monoisotopic (exact) mass is 301 g/mol. The molecule has 0 aliphatic carbocycles. The van der Waals surface area contributed by atoms with Gasteiger partial charge in [-0.2, -0.15) is 0 Å². The molecule has 0 saturated heterocycles. The number of benzene rings is 1. The zero-order valence-electron chi connectivity index (χ0n) is 7.84. The molecule has 1 aromatic carbocycles. The largest absolute Gasteiger partial charge is 0.380 e. The molecule has 1 nitrogen and oxygen atoms in total. The van der Waals surface area contributed by atoms with E-state index in [1.165, 1.54) is 4.88 Å². The number of para-hydroxylation sites is 1. The molecule has 78 valence electrons. The Bertz CT molecular complexity index is 422. The summed E-state index contributed by atoms with van der Waals surface area (Å²) in [5.41, 5.74) is 1.12. The van der Waals surface area contributed by atoms with Crippen LogP contribution in [0.5, 0.6) is 0 Å². The number of rotatable bonds is 3. The first-order valence-corrected chi connectivity index (χ1v) is 6.47. The highest BCUT2D eigenvalue weighted by atomic mass is 79.9. The van der Waals surface area contributed by atoms with Crippen molar-refractivity contribution in [2.24, 2.45) is 0 Å². The van der Waals surface area contributed by atoms with Crippen molar-refractivity contribution in [3.8, 4) is 0 Å². The van der Waals surface area contributed by atoms with E-state index in [1.54, 1.807) is 11.3 Å². The minimum atomic E-state index is 0.805. The Morgan fingerprint density at radius 2 is 2.00 bits per heavy atom. The number of thiophene rings is 1. The van der Waals surface area contributed by atoms with Gasteiger partial charge in [0.1, 0.15) is 4.34 Å². The summed E-state index contributed by atoms with van der Waals surface area (Å²) < 4.78 is 1.78. The van der Waals surface area contributed by atoms with Gasteiger partial charge in [0.05, 0.1) is 0 Å². The maximum absolute atomic E-state index is 5.95. The molecule has 0 radical (unpaired) electrons. The van der Waals surface area contributed by atoms with Crippen LogP contribution >= 0.6 is 38.9 Å². The summed E-state index contributed by atoms with van der Waals surface area (Å²) in [6.07, 6.45) is 0. The Hall–Kier alpha value is -0.510. The highest BCUT2D eigenvalue weighted by Crippen LogP contribution is 2.32. The molecule has 0 aliphatic heterocycles. The van der Waals surface area contributed by atoms with Crippen LogP contribution in [0.3, 0.4) is 0 Å². The Labute approximate surface area is 106 Å². The van der Waals surface area contributed by atoms with E-state index in [9.17, 15) is 0 Å². The fraction of sp³-hybridized carbons (Fsp3) is 0.0909. The Balaban J connectivity index is 1.99. The molecular weight excluding hydrogens is 294 g/mol. The summed E-state index contributed by atoms with van der Waals surface area (Å²) in [6.45, 7) is 0.806. The third-order valence-corrected chi connectivity index (χ3v) is 4.41. The van der Waals surface area contributed by atoms with Gasteiger partial charge in [0.15, 0.2) is 0 Å². The summed E-state index contributed by atoms with van der Waals surface area (Å²) in [6, 6.07) is 12.2. The van der Waals surface area contributed by atoms with Crippen molar-refractivity contribution in [2.75, 3.05) is 5.32 Å². The van der Waals surface area contributed by atoms with E-state index in [0.29, 0.717) is 0 Å². The zero-order chi connectivity index (χ0) is 10.7. The lowest BCUT2D eigenvalue weighted by atomic mass is 10.3. The molecule has 4 heteroatoms. The second-order valence-corrected chi connectivity index (χ2v) is 5.65. The Morgan fingerprint density at radius 1 is 1.27 bits per heavy atom. The second kappa shape index (κ2) is 5.01. The lowest BCUT2D eigenvalue weighted by Gasteiger charge is -2.03. The van der Waals surface area contributed by atoms with Gasteiger partial charge in [-0.25, -0.2) is 0 Å². The first kappa shape index (κ1) is 11.0. The molecule has 1 heterocycles.